The summed E-state index contributed by atoms with van der Waals surface area (Å²) in [6.45, 7) is 0. The van der Waals surface area contributed by atoms with Gasteiger partial charge in [-0.2, -0.15) is 0 Å². The summed E-state index contributed by atoms with van der Waals surface area (Å²) < 4.78 is 15.2. The van der Waals surface area contributed by atoms with Gasteiger partial charge in [-0.05, 0) is 24.3 Å². The third-order valence-electron chi connectivity index (χ3n) is 2.32. The molecule has 0 radical (unpaired) electrons. The van der Waals surface area contributed by atoms with Crippen LogP contribution in [-0.4, -0.2) is 0 Å². The van der Waals surface area contributed by atoms with Crippen LogP contribution in [0.1, 0.15) is 16.5 Å². The molecule has 17 heavy (non-hydrogen) atoms. The number of hydrogen-bond acceptors (Lipinski definition) is 3. The summed E-state index contributed by atoms with van der Waals surface area (Å²) in [6, 6.07) is 8.09. The van der Waals surface area contributed by atoms with Crippen LogP contribution in [0.5, 0.6) is 0 Å². The summed E-state index contributed by atoms with van der Waals surface area (Å²) in [6.07, 6.45) is 0. The number of thiophene rings is 1. The number of benzene rings is 1. The molecule has 0 saturated carbocycles. The van der Waals surface area contributed by atoms with E-state index in [1.54, 1.807) is 18.2 Å². The molecule has 0 aliphatic rings. The molecule has 2 rings (SSSR count). The van der Waals surface area contributed by atoms with Crippen molar-refractivity contribution in [3.63, 3.8) is 0 Å². The molecule has 1 unspecified atom stereocenters. The lowest BCUT2D eigenvalue weighted by Crippen LogP contribution is -2.28. The van der Waals surface area contributed by atoms with Crippen LogP contribution in [0.3, 0.4) is 0 Å². The Balaban J connectivity index is 2.42. The average Bonchev–Trinajstić information content (AvgIpc) is 2.69. The van der Waals surface area contributed by atoms with Crippen LogP contribution >= 0.6 is 38.9 Å². The summed E-state index contributed by atoms with van der Waals surface area (Å²) in [5.41, 5.74) is 3.10. The van der Waals surface area contributed by atoms with E-state index < -0.39 is 0 Å². The Morgan fingerprint density at radius 1 is 1.35 bits per heavy atom. The van der Waals surface area contributed by atoms with E-state index in [-0.39, 0.29) is 11.9 Å². The topological polar surface area (TPSA) is 38.0 Å². The summed E-state index contributed by atoms with van der Waals surface area (Å²) in [7, 11) is 0. The van der Waals surface area contributed by atoms with E-state index >= 15 is 0 Å². The van der Waals surface area contributed by atoms with Crippen molar-refractivity contribution in [1.29, 1.82) is 0 Å². The van der Waals surface area contributed by atoms with Gasteiger partial charge in [0.05, 0.1) is 10.4 Å². The minimum Gasteiger partial charge on any atom is -0.271 e. The second-order valence-corrected chi connectivity index (χ2v) is 6.07. The van der Waals surface area contributed by atoms with Crippen molar-refractivity contribution in [2.75, 3.05) is 0 Å². The van der Waals surface area contributed by atoms with E-state index in [1.165, 1.54) is 17.4 Å². The van der Waals surface area contributed by atoms with Gasteiger partial charge in [-0.1, -0.05) is 33.6 Å². The van der Waals surface area contributed by atoms with Crippen LogP contribution in [0, 0.1) is 5.82 Å². The number of hydrazine groups is 1. The van der Waals surface area contributed by atoms with E-state index in [4.69, 9.17) is 17.4 Å². The molecule has 0 aliphatic carbocycles. The number of rotatable bonds is 3. The van der Waals surface area contributed by atoms with Crippen molar-refractivity contribution < 1.29 is 4.39 Å². The maximum atomic E-state index is 13.8. The summed E-state index contributed by atoms with van der Waals surface area (Å²) in [5.74, 6) is 5.18. The van der Waals surface area contributed by atoms with Crippen LogP contribution < -0.4 is 11.3 Å². The molecule has 3 N–H and O–H groups in total. The highest BCUT2D eigenvalue weighted by Gasteiger charge is 2.18. The largest absolute Gasteiger partial charge is 0.271 e. The number of nitrogens with one attached hydrogen (secondary N) is 1. The first-order chi connectivity index (χ1) is 8.11. The average molecular weight is 336 g/mol. The van der Waals surface area contributed by atoms with Crippen molar-refractivity contribution in [2.24, 2.45) is 5.84 Å². The number of nitrogens with two attached hydrogens (primary N) is 1. The van der Waals surface area contributed by atoms with Gasteiger partial charge in [-0.3, -0.25) is 5.84 Å². The van der Waals surface area contributed by atoms with Gasteiger partial charge in [0, 0.05) is 14.9 Å². The van der Waals surface area contributed by atoms with Crippen molar-refractivity contribution >= 4 is 38.9 Å². The summed E-state index contributed by atoms with van der Waals surface area (Å²) in [4.78, 5) is 0.874. The normalized spacial score (nSPS) is 12.7. The molecule has 0 fully saturated rings. The smallest absolute Gasteiger partial charge is 0.129 e. The monoisotopic (exact) mass is 334 g/mol. The molecule has 1 heterocycles. The minimum absolute atomic E-state index is 0.313. The molecular formula is C11H9BrClFN2S. The van der Waals surface area contributed by atoms with Crippen molar-refractivity contribution in [1.82, 2.24) is 5.43 Å². The van der Waals surface area contributed by atoms with Crippen LogP contribution in [-0.2, 0) is 0 Å². The van der Waals surface area contributed by atoms with E-state index in [1.807, 2.05) is 6.07 Å². The molecule has 2 nitrogen and oxygen atoms in total. The Kier molecular flexibility index (Phi) is 4.17. The fourth-order valence-electron chi connectivity index (χ4n) is 1.54. The fraction of sp³-hybridized carbons (Fsp3) is 0.0909. The molecule has 0 amide bonds. The van der Waals surface area contributed by atoms with Gasteiger partial charge >= 0.3 is 0 Å². The van der Waals surface area contributed by atoms with Crippen molar-refractivity contribution in [2.45, 2.75) is 6.04 Å². The minimum atomic E-state index is -0.388. The highest BCUT2D eigenvalue weighted by Crippen LogP contribution is 2.32. The molecule has 2 aromatic rings. The van der Waals surface area contributed by atoms with E-state index in [9.17, 15) is 4.39 Å². The quantitative estimate of drug-likeness (QED) is 0.660. The zero-order valence-electron chi connectivity index (χ0n) is 8.58. The Morgan fingerprint density at radius 2 is 2.12 bits per heavy atom. The van der Waals surface area contributed by atoms with Crippen molar-refractivity contribution in [3.8, 4) is 0 Å². The van der Waals surface area contributed by atoms with E-state index in [2.05, 4.69) is 21.4 Å². The fourth-order valence-corrected chi connectivity index (χ4v) is 3.02. The first kappa shape index (κ1) is 13.0. The molecule has 1 aromatic carbocycles. The SMILES string of the molecule is NNC(c1ccc(Cl)s1)c1ccc(Br)cc1F. The zero-order chi connectivity index (χ0) is 12.4. The second-order valence-electron chi connectivity index (χ2n) is 3.41. The van der Waals surface area contributed by atoms with E-state index in [0.717, 1.165) is 4.88 Å². The third kappa shape index (κ3) is 2.86. The molecule has 1 atom stereocenters. The van der Waals surface area contributed by atoms with Gasteiger partial charge in [0.25, 0.3) is 0 Å². The molecule has 0 saturated heterocycles. The zero-order valence-corrected chi connectivity index (χ0v) is 11.7. The molecule has 0 spiro atoms. The van der Waals surface area contributed by atoms with Gasteiger partial charge in [0.15, 0.2) is 0 Å². The first-order valence-electron chi connectivity index (χ1n) is 4.78. The molecule has 0 bridgehead atoms. The van der Waals surface area contributed by atoms with Crippen LogP contribution in [0.25, 0.3) is 0 Å². The second kappa shape index (κ2) is 5.46. The molecule has 1 aromatic heterocycles. The van der Waals surface area contributed by atoms with Crippen LogP contribution in [0.2, 0.25) is 4.34 Å². The Morgan fingerprint density at radius 3 is 2.65 bits per heavy atom. The molecule has 0 aliphatic heterocycles. The van der Waals surface area contributed by atoms with Gasteiger partial charge in [-0.25, -0.2) is 9.82 Å². The third-order valence-corrected chi connectivity index (χ3v) is 4.11. The van der Waals surface area contributed by atoms with Crippen LogP contribution in [0.15, 0.2) is 34.8 Å². The predicted octanol–water partition coefficient (Wildman–Crippen LogP) is 3.86. The number of halogens is 3. The Hall–Kier alpha value is -0.460. The molecule has 6 heteroatoms. The molecule has 90 valence electrons. The van der Waals surface area contributed by atoms with E-state index in [0.29, 0.717) is 14.4 Å². The number of hydrogen-bond donors (Lipinski definition) is 2. The maximum Gasteiger partial charge on any atom is 0.129 e. The maximum absolute atomic E-state index is 13.8. The predicted molar refractivity (Wildman–Crippen MR) is 72.6 cm³/mol. The lowest BCUT2D eigenvalue weighted by atomic mass is 10.1. The lowest BCUT2D eigenvalue weighted by Gasteiger charge is -2.15. The highest BCUT2D eigenvalue weighted by molar-refractivity contribution is 9.10. The molecular weight excluding hydrogens is 327 g/mol. The Labute approximate surface area is 116 Å². The highest BCUT2D eigenvalue weighted by atomic mass is 79.9. The van der Waals surface area contributed by atoms with Crippen molar-refractivity contribution in [3.05, 3.63) is 55.4 Å². The van der Waals surface area contributed by atoms with Gasteiger partial charge in [-0.15, -0.1) is 11.3 Å². The lowest BCUT2D eigenvalue weighted by molar-refractivity contribution is 0.563. The standard InChI is InChI=1S/C11H9BrClFN2S/c12-6-1-2-7(8(14)5-6)11(16-15)9-3-4-10(13)17-9/h1-5,11,16H,15H2. The van der Waals surface area contributed by atoms with Crippen LogP contribution in [0.4, 0.5) is 4.39 Å². The van der Waals surface area contributed by atoms with Gasteiger partial charge in [0.2, 0.25) is 0 Å². The van der Waals surface area contributed by atoms with Gasteiger partial charge < -0.3 is 0 Å². The van der Waals surface area contributed by atoms with Gasteiger partial charge in [0.1, 0.15) is 5.82 Å². The Bertz CT molecular complexity index is 532. The summed E-state index contributed by atoms with van der Waals surface area (Å²) in [5, 5.41) is 0. The summed E-state index contributed by atoms with van der Waals surface area (Å²) >= 11 is 10.5. The first-order valence-corrected chi connectivity index (χ1v) is 6.77.